The third kappa shape index (κ3) is 5.36. The topological polar surface area (TPSA) is 66.4 Å². The summed E-state index contributed by atoms with van der Waals surface area (Å²) < 4.78 is -0.618. The van der Waals surface area contributed by atoms with E-state index in [1.807, 2.05) is 61.5 Å². The van der Waals surface area contributed by atoms with Crippen LogP contribution in [0.15, 0.2) is 91.0 Å². The van der Waals surface area contributed by atoms with Gasteiger partial charge in [-0.3, -0.25) is 4.79 Å². The predicted molar refractivity (Wildman–Crippen MR) is 126 cm³/mol. The lowest BCUT2D eigenvalue weighted by Crippen LogP contribution is -2.43. The summed E-state index contributed by atoms with van der Waals surface area (Å²) in [6, 6.07) is 29.3. The number of amides is 1. The zero-order valence-corrected chi connectivity index (χ0v) is 18.3. The molecule has 5 heteroatoms. The van der Waals surface area contributed by atoms with Crippen LogP contribution in [0.4, 0.5) is 0 Å². The second-order valence-electron chi connectivity index (χ2n) is 7.30. The quantitative estimate of drug-likeness (QED) is 0.438. The molecule has 160 valence electrons. The summed E-state index contributed by atoms with van der Waals surface area (Å²) in [5, 5.41) is 12.5. The molecule has 0 fully saturated rings. The fraction of sp³-hybridized carbons (Fsp3) is 0.231. The number of hydrogen-bond acceptors (Lipinski definition) is 3. The van der Waals surface area contributed by atoms with E-state index in [4.69, 9.17) is 0 Å². The molecule has 1 amide bonds. The van der Waals surface area contributed by atoms with Crippen LogP contribution >= 0.6 is 11.8 Å². The van der Waals surface area contributed by atoms with Crippen LogP contribution in [0, 0.1) is 0 Å². The van der Waals surface area contributed by atoms with E-state index in [9.17, 15) is 14.7 Å². The van der Waals surface area contributed by atoms with E-state index in [0.29, 0.717) is 12.8 Å². The first kappa shape index (κ1) is 22.6. The van der Waals surface area contributed by atoms with Crippen LogP contribution < -0.4 is 5.32 Å². The number of carbonyl (C=O) groups excluding carboxylic acids is 1. The third-order valence-electron chi connectivity index (χ3n) is 5.12. The standard InChI is InChI=1S/C26H27NO3S/c1-2-12-24(28)27-23(25(29)30)19-31-26(20-13-6-3-7-14-20,21-15-8-4-9-16-21)22-17-10-5-11-18-22/h3-11,13-18,23H,2,12,19H2,1H3,(H,27,28)(H,29,30)/t23-/m1/s1. The van der Waals surface area contributed by atoms with E-state index in [2.05, 4.69) is 41.7 Å². The van der Waals surface area contributed by atoms with Crippen molar-refractivity contribution in [1.82, 2.24) is 5.32 Å². The Labute approximate surface area is 187 Å². The number of nitrogens with one attached hydrogen (secondary N) is 1. The number of carboxylic acid groups (broad SMARTS) is 1. The van der Waals surface area contributed by atoms with Gasteiger partial charge in [0.2, 0.25) is 5.91 Å². The van der Waals surface area contributed by atoms with Crippen molar-refractivity contribution in [1.29, 1.82) is 0 Å². The molecule has 3 rings (SSSR count). The zero-order chi connectivity index (χ0) is 22.1. The van der Waals surface area contributed by atoms with Crippen LogP contribution in [0.2, 0.25) is 0 Å². The van der Waals surface area contributed by atoms with Crippen molar-refractivity contribution >= 4 is 23.6 Å². The maximum atomic E-state index is 12.1. The number of aliphatic carboxylic acids is 1. The molecule has 0 saturated carbocycles. The molecule has 0 aliphatic carbocycles. The first-order valence-corrected chi connectivity index (χ1v) is 11.4. The van der Waals surface area contributed by atoms with Gasteiger partial charge in [0, 0.05) is 12.2 Å². The number of carboxylic acids is 1. The molecule has 0 heterocycles. The van der Waals surface area contributed by atoms with Gasteiger partial charge in [-0.05, 0) is 23.1 Å². The summed E-state index contributed by atoms with van der Waals surface area (Å²) in [6.45, 7) is 1.90. The van der Waals surface area contributed by atoms with E-state index >= 15 is 0 Å². The van der Waals surface area contributed by atoms with Crippen molar-refractivity contribution in [3.8, 4) is 0 Å². The van der Waals surface area contributed by atoms with Gasteiger partial charge in [0.15, 0.2) is 0 Å². The van der Waals surface area contributed by atoms with Crippen molar-refractivity contribution in [2.75, 3.05) is 5.75 Å². The summed E-state index contributed by atoms with van der Waals surface area (Å²) in [4.78, 5) is 24.0. The Bertz CT molecular complexity index is 881. The van der Waals surface area contributed by atoms with Gasteiger partial charge in [0.1, 0.15) is 6.04 Å². The largest absolute Gasteiger partial charge is 0.480 e. The van der Waals surface area contributed by atoms with E-state index in [1.54, 1.807) is 0 Å². The summed E-state index contributed by atoms with van der Waals surface area (Å²) in [6.07, 6.45) is 0.989. The molecule has 1 atom stereocenters. The van der Waals surface area contributed by atoms with Crippen LogP contribution in [0.3, 0.4) is 0 Å². The summed E-state index contributed by atoms with van der Waals surface area (Å²) in [7, 11) is 0. The Morgan fingerprint density at radius 2 is 1.26 bits per heavy atom. The minimum atomic E-state index is -1.03. The summed E-state index contributed by atoms with van der Waals surface area (Å²) >= 11 is 1.53. The van der Waals surface area contributed by atoms with Crippen LogP contribution in [-0.4, -0.2) is 28.8 Å². The fourth-order valence-electron chi connectivity index (χ4n) is 3.65. The van der Waals surface area contributed by atoms with Crippen molar-refractivity contribution in [2.45, 2.75) is 30.6 Å². The average Bonchev–Trinajstić information content (AvgIpc) is 2.81. The monoisotopic (exact) mass is 433 g/mol. The minimum absolute atomic E-state index is 0.226. The maximum Gasteiger partial charge on any atom is 0.327 e. The van der Waals surface area contributed by atoms with Gasteiger partial charge in [-0.2, -0.15) is 0 Å². The summed E-state index contributed by atoms with van der Waals surface area (Å²) in [5.74, 6) is -1.04. The smallest absolute Gasteiger partial charge is 0.327 e. The lowest BCUT2D eigenvalue weighted by atomic mass is 9.84. The fourth-order valence-corrected chi connectivity index (χ4v) is 5.20. The maximum absolute atomic E-state index is 12.1. The Morgan fingerprint density at radius 1 is 0.839 bits per heavy atom. The van der Waals surface area contributed by atoms with E-state index < -0.39 is 16.8 Å². The van der Waals surface area contributed by atoms with E-state index in [1.165, 1.54) is 11.8 Å². The molecule has 31 heavy (non-hydrogen) atoms. The Hall–Kier alpha value is -3.05. The zero-order valence-electron chi connectivity index (χ0n) is 17.5. The van der Waals surface area contributed by atoms with Crippen LogP contribution in [-0.2, 0) is 14.3 Å². The Morgan fingerprint density at radius 3 is 1.61 bits per heavy atom. The van der Waals surface area contributed by atoms with Crippen molar-refractivity contribution < 1.29 is 14.7 Å². The number of benzene rings is 3. The first-order chi connectivity index (χ1) is 15.1. The normalized spacial score (nSPS) is 12.2. The molecule has 0 aliphatic rings. The van der Waals surface area contributed by atoms with E-state index in [-0.39, 0.29) is 11.7 Å². The highest BCUT2D eigenvalue weighted by atomic mass is 32.2. The molecule has 0 aromatic heterocycles. The van der Waals surface area contributed by atoms with Gasteiger partial charge in [-0.1, -0.05) is 97.9 Å². The van der Waals surface area contributed by atoms with Gasteiger partial charge < -0.3 is 10.4 Å². The molecule has 2 N–H and O–H groups in total. The molecule has 3 aromatic rings. The van der Waals surface area contributed by atoms with E-state index in [0.717, 1.165) is 16.7 Å². The minimum Gasteiger partial charge on any atom is -0.480 e. The SMILES string of the molecule is CCCC(=O)N[C@H](CSC(c1ccccc1)(c1ccccc1)c1ccccc1)C(=O)O. The average molecular weight is 434 g/mol. The Kier molecular flexibility index (Phi) is 7.90. The number of hydrogen-bond donors (Lipinski definition) is 2. The molecule has 0 aliphatic heterocycles. The molecule has 0 bridgehead atoms. The lowest BCUT2D eigenvalue weighted by molar-refractivity contribution is -0.141. The predicted octanol–water partition coefficient (Wildman–Crippen LogP) is 5.08. The number of carbonyl (C=O) groups is 2. The lowest BCUT2D eigenvalue weighted by Gasteiger charge is -2.36. The second kappa shape index (κ2) is 10.8. The number of thioether (sulfide) groups is 1. The highest BCUT2D eigenvalue weighted by Gasteiger charge is 2.38. The Balaban J connectivity index is 2.07. The molecule has 0 unspecified atom stereocenters. The molecule has 0 spiro atoms. The molecule has 0 saturated heterocycles. The van der Waals surface area contributed by atoms with Gasteiger partial charge in [-0.15, -0.1) is 11.8 Å². The van der Waals surface area contributed by atoms with Crippen LogP contribution in [0.25, 0.3) is 0 Å². The second-order valence-corrected chi connectivity index (χ2v) is 8.53. The van der Waals surface area contributed by atoms with Gasteiger partial charge in [0.05, 0.1) is 4.75 Å². The highest BCUT2D eigenvalue weighted by molar-refractivity contribution is 8.00. The number of rotatable bonds is 10. The van der Waals surface area contributed by atoms with Crippen molar-refractivity contribution in [3.63, 3.8) is 0 Å². The van der Waals surface area contributed by atoms with Crippen LogP contribution in [0.1, 0.15) is 36.5 Å². The van der Waals surface area contributed by atoms with Gasteiger partial charge >= 0.3 is 5.97 Å². The first-order valence-electron chi connectivity index (χ1n) is 10.4. The van der Waals surface area contributed by atoms with Crippen molar-refractivity contribution in [3.05, 3.63) is 108 Å². The van der Waals surface area contributed by atoms with Gasteiger partial charge in [0.25, 0.3) is 0 Å². The third-order valence-corrected chi connectivity index (χ3v) is 6.76. The van der Waals surface area contributed by atoms with Crippen molar-refractivity contribution in [2.24, 2.45) is 0 Å². The summed E-state index contributed by atoms with van der Waals surface area (Å²) in [5.41, 5.74) is 3.17. The molecular weight excluding hydrogens is 406 g/mol. The molecule has 0 radical (unpaired) electrons. The van der Waals surface area contributed by atoms with Crippen LogP contribution in [0.5, 0.6) is 0 Å². The highest BCUT2D eigenvalue weighted by Crippen LogP contribution is 2.48. The van der Waals surface area contributed by atoms with Gasteiger partial charge in [-0.25, -0.2) is 4.79 Å². The molecule has 4 nitrogen and oxygen atoms in total. The molecular formula is C26H27NO3S. The molecule has 3 aromatic carbocycles.